The van der Waals surface area contributed by atoms with Crippen LogP contribution in [-0.2, 0) is 11.3 Å². The third-order valence-electron chi connectivity index (χ3n) is 5.06. The van der Waals surface area contributed by atoms with E-state index in [1.54, 1.807) is 26.4 Å². The maximum absolute atomic E-state index is 12.9. The van der Waals surface area contributed by atoms with Crippen molar-refractivity contribution in [1.29, 1.82) is 0 Å². The maximum atomic E-state index is 12.9. The van der Waals surface area contributed by atoms with E-state index in [1.807, 2.05) is 37.3 Å². The predicted molar refractivity (Wildman–Crippen MR) is 124 cm³/mol. The number of ketones is 1. The second-order valence-electron chi connectivity index (χ2n) is 7.07. The molecule has 0 aromatic heterocycles. The summed E-state index contributed by atoms with van der Waals surface area (Å²) in [5.41, 5.74) is 2.46. The first-order valence-corrected chi connectivity index (χ1v) is 11.0. The molecule has 0 amide bonds. The van der Waals surface area contributed by atoms with Gasteiger partial charge >= 0.3 is 0 Å². The van der Waals surface area contributed by atoms with Crippen LogP contribution in [0, 0.1) is 0 Å². The molecular formula is C24H28BrNO5. The van der Waals surface area contributed by atoms with Crippen molar-refractivity contribution < 1.29 is 23.7 Å². The Balaban J connectivity index is 1.81. The summed E-state index contributed by atoms with van der Waals surface area (Å²) in [5, 5.41) is 0. The number of nitrogens with zero attached hydrogens (tertiary/aromatic N) is 1. The number of methoxy groups -OCH3 is 2. The summed E-state index contributed by atoms with van der Waals surface area (Å²) >= 11 is 3.52. The van der Waals surface area contributed by atoms with Gasteiger partial charge in [0, 0.05) is 35.2 Å². The first-order chi connectivity index (χ1) is 15.0. The molecule has 31 heavy (non-hydrogen) atoms. The minimum atomic E-state index is -0.0760. The molecule has 6 nitrogen and oxygen atoms in total. The van der Waals surface area contributed by atoms with Crippen LogP contribution < -0.4 is 14.2 Å². The van der Waals surface area contributed by atoms with Gasteiger partial charge in [-0.15, -0.1) is 0 Å². The van der Waals surface area contributed by atoms with Crippen LogP contribution >= 0.6 is 15.9 Å². The Hall–Kier alpha value is -2.35. The number of ether oxygens (including phenoxy) is 4. The highest BCUT2D eigenvalue weighted by Crippen LogP contribution is 2.34. The van der Waals surface area contributed by atoms with Crippen LogP contribution in [0.1, 0.15) is 28.4 Å². The molecule has 1 saturated heterocycles. The van der Waals surface area contributed by atoms with Crippen molar-refractivity contribution in [2.24, 2.45) is 0 Å². The number of allylic oxidation sites excluding steroid dienone is 1. The summed E-state index contributed by atoms with van der Waals surface area (Å²) in [6.45, 7) is 6.47. The van der Waals surface area contributed by atoms with Gasteiger partial charge in [-0.2, -0.15) is 0 Å². The predicted octanol–water partition coefficient (Wildman–Crippen LogP) is 4.59. The van der Waals surface area contributed by atoms with Crippen LogP contribution in [0.15, 0.2) is 40.9 Å². The fourth-order valence-corrected chi connectivity index (χ4v) is 3.87. The van der Waals surface area contributed by atoms with Crippen LogP contribution in [0.4, 0.5) is 0 Å². The van der Waals surface area contributed by atoms with E-state index in [9.17, 15) is 4.79 Å². The molecule has 7 heteroatoms. The van der Waals surface area contributed by atoms with Crippen molar-refractivity contribution in [1.82, 2.24) is 4.90 Å². The van der Waals surface area contributed by atoms with Crippen LogP contribution in [-0.4, -0.2) is 57.8 Å². The zero-order valence-corrected chi connectivity index (χ0v) is 19.7. The largest absolute Gasteiger partial charge is 0.494 e. The van der Waals surface area contributed by atoms with E-state index in [0.29, 0.717) is 23.7 Å². The summed E-state index contributed by atoms with van der Waals surface area (Å²) in [6, 6.07) is 9.27. The first-order valence-electron chi connectivity index (χ1n) is 10.3. The zero-order chi connectivity index (χ0) is 22.2. The quantitative estimate of drug-likeness (QED) is 0.379. The smallest absolute Gasteiger partial charge is 0.185 e. The lowest BCUT2D eigenvalue weighted by Crippen LogP contribution is -2.35. The van der Waals surface area contributed by atoms with E-state index in [4.69, 9.17) is 18.9 Å². The first kappa shape index (κ1) is 23.3. The fraction of sp³-hybridized carbons (Fsp3) is 0.375. The Labute approximate surface area is 191 Å². The molecule has 0 unspecified atom stereocenters. The number of halogens is 1. The number of hydrogen-bond acceptors (Lipinski definition) is 6. The molecule has 0 aliphatic carbocycles. The molecule has 1 aliphatic heterocycles. The molecular weight excluding hydrogens is 462 g/mol. The minimum Gasteiger partial charge on any atom is -0.494 e. The molecule has 1 aliphatic rings. The maximum Gasteiger partial charge on any atom is 0.185 e. The van der Waals surface area contributed by atoms with Gasteiger partial charge in [0.15, 0.2) is 17.3 Å². The molecule has 0 saturated carbocycles. The second-order valence-corrected chi connectivity index (χ2v) is 7.92. The topological polar surface area (TPSA) is 57.2 Å². The Kier molecular flexibility index (Phi) is 8.51. The van der Waals surface area contributed by atoms with Gasteiger partial charge in [0.05, 0.1) is 34.0 Å². The van der Waals surface area contributed by atoms with Gasteiger partial charge in [-0.05, 0) is 55.0 Å². The van der Waals surface area contributed by atoms with Gasteiger partial charge in [0.1, 0.15) is 5.75 Å². The molecule has 0 N–H and O–H groups in total. The lowest BCUT2D eigenvalue weighted by molar-refractivity contribution is 0.0338. The normalized spacial score (nSPS) is 14.6. The Morgan fingerprint density at radius 1 is 1.10 bits per heavy atom. The molecule has 2 aromatic carbocycles. The standard InChI is InChI=1S/C24H28BrNO5/c1-4-31-22-8-6-18(13-19(22)16-26-9-11-30-12-10-26)21(27)7-5-17-14-23(28-2)24(29-3)15-20(17)25/h5-8,13-15H,4,9-12,16H2,1-3H3/b7-5+. The molecule has 0 atom stereocenters. The number of morpholine rings is 1. The molecule has 1 heterocycles. The molecule has 0 bridgehead atoms. The van der Waals surface area contributed by atoms with E-state index < -0.39 is 0 Å². The summed E-state index contributed by atoms with van der Waals surface area (Å²) in [6.07, 6.45) is 3.34. The SMILES string of the molecule is CCOc1ccc(C(=O)/C=C/c2cc(OC)c(OC)cc2Br)cc1CN1CCOCC1. The van der Waals surface area contributed by atoms with Crippen LogP contribution in [0.5, 0.6) is 17.2 Å². The Bertz CT molecular complexity index is 938. The monoisotopic (exact) mass is 489 g/mol. The molecule has 166 valence electrons. The average molecular weight is 490 g/mol. The van der Waals surface area contributed by atoms with Crippen LogP contribution in [0.2, 0.25) is 0 Å². The highest BCUT2D eigenvalue weighted by Gasteiger charge is 2.15. The third kappa shape index (κ3) is 6.09. The van der Waals surface area contributed by atoms with Gasteiger partial charge < -0.3 is 18.9 Å². The molecule has 3 rings (SSSR count). The van der Waals surface area contributed by atoms with Gasteiger partial charge in [0.25, 0.3) is 0 Å². The highest BCUT2D eigenvalue weighted by molar-refractivity contribution is 9.10. The number of benzene rings is 2. The van der Waals surface area contributed by atoms with Crippen molar-refractivity contribution in [3.8, 4) is 17.2 Å². The third-order valence-corrected chi connectivity index (χ3v) is 5.75. The molecule has 1 fully saturated rings. The summed E-state index contributed by atoms with van der Waals surface area (Å²) < 4.78 is 22.7. The lowest BCUT2D eigenvalue weighted by atomic mass is 10.0. The average Bonchev–Trinajstić information content (AvgIpc) is 2.79. The van der Waals surface area contributed by atoms with E-state index in [0.717, 1.165) is 54.2 Å². The van der Waals surface area contributed by atoms with E-state index in [2.05, 4.69) is 20.8 Å². The Morgan fingerprint density at radius 3 is 2.48 bits per heavy atom. The molecule has 2 aromatic rings. The number of carbonyl (C=O) groups excluding carboxylic acids is 1. The van der Waals surface area contributed by atoms with Gasteiger partial charge in [-0.1, -0.05) is 15.9 Å². The van der Waals surface area contributed by atoms with Crippen molar-refractivity contribution in [3.63, 3.8) is 0 Å². The summed E-state index contributed by atoms with van der Waals surface area (Å²) in [7, 11) is 3.17. The van der Waals surface area contributed by atoms with Gasteiger partial charge in [-0.25, -0.2) is 0 Å². The number of hydrogen-bond donors (Lipinski definition) is 0. The van der Waals surface area contributed by atoms with Crippen molar-refractivity contribution >= 4 is 27.8 Å². The van der Waals surface area contributed by atoms with Gasteiger partial charge in [-0.3, -0.25) is 9.69 Å². The highest BCUT2D eigenvalue weighted by atomic mass is 79.9. The van der Waals surface area contributed by atoms with Crippen molar-refractivity contribution in [2.45, 2.75) is 13.5 Å². The minimum absolute atomic E-state index is 0.0760. The lowest BCUT2D eigenvalue weighted by Gasteiger charge is -2.27. The fourth-order valence-electron chi connectivity index (χ4n) is 3.41. The number of carbonyl (C=O) groups is 1. The van der Waals surface area contributed by atoms with E-state index in [1.165, 1.54) is 0 Å². The molecule has 0 radical (unpaired) electrons. The Morgan fingerprint density at radius 2 is 1.81 bits per heavy atom. The van der Waals surface area contributed by atoms with Crippen molar-refractivity contribution in [3.05, 3.63) is 57.6 Å². The number of rotatable bonds is 9. The van der Waals surface area contributed by atoms with Crippen LogP contribution in [0.25, 0.3) is 6.08 Å². The van der Waals surface area contributed by atoms with Crippen LogP contribution in [0.3, 0.4) is 0 Å². The second kappa shape index (κ2) is 11.3. The van der Waals surface area contributed by atoms with E-state index in [-0.39, 0.29) is 5.78 Å². The van der Waals surface area contributed by atoms with E-state index >= 15 is 0 Å². The summed E-state index contributed by atoms with van der Waals surface area (Å²) in [4.78, 5) is 15.2. The summed E-state index contributed by atoms with van der Waals surface area (Å²) in [5.74, 6) is 1.97. The van der Waals surface area contributed by atoms with Gasteiger partial charge in [0.2, 0.25) is 0 Å². The van der Waals surface area contributed by atoms with Crippen molar-refractivity contribution in [2.75, 3.05) is 47.1 Å². The molecule has 0 spiro atoms. The zero-order valence-electron chi connectivity index (χ0n) is 18.2.